The van der Waals surface area contributed by atoms with E-state index in [0.29, 0.717) is 17.5 Å². The van der Waals surface area contributed by atoms with E-state index in [1.165, 1.54) is 39.6 Å². The smallest absolute Gasteiger partial charge is 0.416 e. The van der Waals surface area contributed by atoms with Crippen molar-refractivity contribution in [3.05, 3.63) is 72.6 Å². The number of hydrogen-bond donors (Lipinski definition) is 1. The SMILES string of the molecule is COc1cc(OC)c(Cl)c(-c2cc3cnc(Nc4cc(C(F)(F)F)ccc4[N+](=O)[O-])nc3n(C)c2=O)c1Cl. The molecule has 0 spiro atoms. The van der Waals surface area contributed by atoms with E-state index >= 15 is 0 Å². The van der Waals surface area contributed by atoms with Gasteiger partial charge in [-0.25, -0.2) is 4.98 Å². The van der Waals surface area contributed by atoms with Crippen LogP contribution in [0.4, 0.5) is 30.5 Å². The second-order valence-electron chi connectivity index (χ2n) is 7.79. The first kappa shape index (κ1) is 26.9. The summed E-state index contributed by atoms with van der Waals surface area (Å²) in [6.07, 6.45) is -3.45. The average molecular weight is 570 g/mol. The number of anilines is 2. The molecular weight excluding hydrogens is 554 g/mol. The molecule has 0 saturated heterocycles. The number of halogens is 5. The second kappa shape index (κ2) is 9.99. The zero-order valence-electron chi connectivity index (χ0n) is 19.7. The van der Waals surface area contributed by atoms with Gasteiger partial charge in [0.2, 0.25) is 5.95 Å². The number of nitrogens with one attached hydrogen (secondary N) is 1. The summed E-state index contributed by atoms with van der Waals surface area (Å²) in [7, 11) is 4.17. The fourth-order valence-electron chi connectivity index (χ4n) is 3.70. The highest BCUT2D eigenvalue weighted by atomic mass is 35.5. The van der Waals surface area contributed by atoms with Crippen LogP contribution in [0.2, 0.25) is 10.0 Å². The lowest BCUT2D eigenvalue weighted by Crippen LogP contribution is -2.20. The Kier molecular flexibility index (Phi) is 7.08. The lowest BCUT2D eigenvalue weighted by atomic mass is 10.0. The van der Waals surface area contributed by atoms with E-state index in [1.807, 2.05) is 0 Å². The molecule has 1 N–H and O–H groups in total. The molecule has 0 bridgehead atoms. The summed E-state index contributed by atoms with van der Waals surface area (Å²) in [5, 5.41) is 14.3. The summed E-state index contributed by atoms with van der Waals surface area (Å²) < 4.78 is 51.2. The summed E-state index contributed by atoms with van der Waals surface area (Å²) >= 11 is 12.9. The summed E-state index contributed by atoms with van der Waals surface area (Å²) in [5.41, 5.74) is -2.49. The van der Waals surface area contributed by atoms with Crippen molar-refractivity contribution in [1.29, 1.82) is 0 Å². The van der Waals surface area contributed by atoms with Crippen LogP contribution in [0, 0.1) is 10.1 Å². The van der Waals surface area contributed by atoms with Crippen LogP contribution < -0.4 is 20.3 Å². The van der Waals surface area contributed by atoms with Crippen LogP contribution in [-0.2, 0) is 13.2 Å². The lowest BCUT2D eigenvalue weighted by Gasteiger charge is -2.16. The van der Waals surface area contributed by atoms with Crippen LogP contribution in [0.5, 0.6) is 11.5 Å². The first-order valence-corrected chi connectivity index (χ1v) is 11.2. The number of fused-ring (bicyclic) bond motifs is 1. The number of aryl methyl sites for hydroxylation is 1. The van der Waals surface area contributed by atoms with Gasteiger partial charge in [-0.3, -0.25) is 19.5 Å². The number of alkyl halides is 3. The minimum atomic E-state index is -4.73. The predicted molar refractivity (Wildman–Crippen MR) is 135 cm³/mol. The number of hydrogen-bond acceptors (Lipinski definition) is 8. The molecule has 2 aromatic heterocycles. The number of methoxy groups -OCH3 is 2. The zero-order chi connectivity index (χ0) is 27.9. The minimum absolute atomic E-state index is 0.0609. The van der Waals surface area contributed by atoms with Crippen LogP contribution >= 0.6 is 23.2 Å². The van der Waals surface area contributed by atoms with Gasteiger partial charge in [0.1, 0.15) is 22.8 Å². The maximum Gasteiger partial charge on any atom is 0.416 e. The van der Waals surface area contributed by atoms with Crippen molar-refractivity contribution in [3.63, 3.8) is 0 Å². The number of nitro benzene ring substituents is 1. The van der Waals surface area contributed by atoms with E-state index in [2.05, 4.69) is 15.3 Å². The highest BCUT2D eigenvalue weighted by molar-refractivity contribution is 6.41. The second-order valence-corrected chi connectivity index (χ2v) is 8.55. The molecule has 0 atom stereocenters. The van der Waals surface area contributed by atoms with E-state index in [1.54, 1.807) is 0 Å². The fraction of sp³-hybridized carbons (Fsp3) is 0.174. The van der Waals surface area contributed by atoms with Crippen LogP contribution in [-0.4, -0.2) is 33.7 Å². The van der Waals surface area contributed by atoms with Crippen LogP contribution in [0.15, 0.2) is 41.3 Å². The van der Waals surface area contributed by atoms with E-state index in [4.69, 9.17) is 32.7 Å². The third-order valence-electron chi connectivity index (χ3n) is 5.56. The molecule has 0 aliphatic heterocycles. The Labute approximate surface area is 221 Å². The molecule has 0 fully saturated rings. The van der Waals surface area contributed by atoms with Gasteiger partial charge in [0.25, 0.3) is 11.2 Å². The molecule has 0 amide bonds. The van der Waals surface area contributed by atoms with Crippen molar-refractivity contribution in [2.75, 3.05) is 19.5 Å². The molecule has 2 heterocycles. The summed E-state index contributed by atoms with van der Waals surface area (Å²) in [6, 6.07) is 4.80. The van der Waals surface area contributed by atoms with Gasteiger partial charge in [-0.05, 0) is 18.2 Å². The standard InChI is InChI=1S/C23H16Cl2F3N5O5/c1-32-20-10(6-12(21(32)34)17-18(24)15(37-2)8-16(38-3)19(17)25)9-29-22(31-20)30-13-7-11(23(26,27)28)4-5-14(13)33(35)36/h4-9H,1-3H3,(H,29,30,31). The maximum atomic E-state index is 13.3. The van der Waals surface area contributed by atoms with E-state index in [0.717, 1.165) is 10.6 Å². The minimum Gasteiger partial charge on any atom is -0.495 e. The van der Waals surface area contributed by atoms with Gasteiger partial charge >= 0.3 is 6.18 Å². The maximum absolute atomic E-state index is 13.3. The largest absolute Gasteiger partial charge is 0.495 e. The van der Waals surface area contributed by atoms with Gasteiger partial charge in [0.05, 0.1) is 40.3 Å². The number of pyridine rings is 1. The Balaban J connectivity index is 1.86. The van der Waals surface area contributed by atoms with Gasteiger partial charge in [-0.15, -0.1) is 0 Å². The van der Waals surface area contributed by atoms with E-state index in [-0.39, 0.29) is 44.3 Å². The molecule has 0 unspecified atom stereocenters. The molecule has 10 nitrogen and oxygen atoms in total. The van der Waals surface area contributed by atoms with Crippen molar-refractivity contribution < 1.29 is 27.6 Å². The molecule has 38 heavy (non-hydrogen) atoms. The van der Waals surface area contributed by atoms with Gasteiger partial charge in [0.15, 0.2) is 0 Å². The highest BCUT2D eigenvalue weighted by Crippen LogP contribution is 2.45. The Bertz CT molecular complexity index is 1630. The third-order valence-corrected chi connectivity index (χ3v) is 6.31. The molecule has 0 saturated carbocycles. The number of benzene rings is 2. The summed E-state index contributed by atoms with van der Waals surface area (Å²) in [6.45, 7) is 0. The van der Waals surface area contributed by atoms with Crippen molar-refractivity contribution in [3.8, 4) is 22.6 Å². The normalized spacial score (nSPS) is 11.5. The van der Waals surface area contributed by atoms with Gasteiger partial charge in [-0.1, -0.05) is 23.2 Å². The van der Waals surface area contributed by atoms with Gasteiger partial charge in [0, 0.05) is 36.3 Å². The van der Waals surface area contributed by atoms with Crippen molar-refractivity contribution in [1.82, 2.24) is 14.5 Å². The first-order chi connectivity index (χ1) is 17.9. The average Bonchev–Trinajstić information content (AvgIpc) is 2.86. The van der Waals surface area contributed by atoms with Crippen LogP contribution in [0.25, 0.3) is 22.2 Å². The van der Waals surface area contributed by atoms with E-state index < -0.39 is 33.6 Å². The van der Waals surface area contributed by atoms with Gasteiger partial charge < -0.3 is 14.8 Å². The van der Waals surface area contributed by atoms with E-state index in [9.17, 15) is 28.1 Å². The van der Waals surface area contributed by atoms with Crippen LogP contribution in [0.3, 0.4) is 0 Å². The van der Waals surface area contributed by atoms with Crippen molar-refractivity contribution >= 4 is 51.6 Å². The topological polar surface area (TPSA) is 121 Å². The lowest BCUT2D eigenvalue weighted by molar-refractivity contribution is -0.384. The molecule has 0 aliphatic carbocycles. The Morgan fingerprint density at radius 2 is 1.71 bits per heavy atom. The molecule has 4 rings (SSSR count). The predicted octanol–water partition coefficient (Wildman–Crippen LogP) is 5.99. The fourth-order valence-corrected chi connectivity index (χ4v) is 4.40. The third kappa shape index (κ3) is 4.77. The molecule has 15 heteroatoms. The Hall–Kier alpha value is -4.10. The quantitative estimate of drug-likeness (QED) is 0.222. The number of nitrogens with zero attached hydrogens (tertiary/aromatic N) is 4. The molecule has 4 aromatic rings. The number of rotatable bonds is 6. The van der Waals surface area contributed by atoms with Crippen molar-refractivity contribution in [2.24, 2.45) is 7.05 Å². The zero-order valence-corrected chi connectivity index (χ0v) is 21.2. The Morgan fingerprint density at radius 1 is 1.08 bits per heavy atom. The molecule has 0 radical (unpaired) electrons. The number of nitro groups is 1. The molecule has 0 aliphatic rings. The number of aromatic nitrogens is 3. The van der Waals surface area contributed by atoms with Crippen molar-refractivity contribution in [2.45, 2.75) is 6.18 Å². The monoisotopic (exact) mass is 569 g/mol. The molecule has 2 aromatic carbocycles. The highest BCUT2D eigenvalue weighted by Gasteiger charge is 2.32. The summed E-state index contributed by atoms with van der Waals surface area (Å²) in [5.74, 6) is 0.147. The van der Waals surface area contributed by atoms with Crippen LogP contribution in [0.1, 0.15) is 5.56 Å². The Morgan fingerprint density at radius 3 is 2.26 bits per heavy atom. The number of ether oxygens (including phenoxy) is 2. The summed E-state index contributed by atoms with van der Waals surface area (Å²) in [4.78, 5) is 32.1. The molecular formula is C23H16Cl2F3N5O5. The first-order valence-electron chi connectivity index (χ1n) is 10.5. The molecule has 198 valence electrons. The van der Waals surface area contributed by atoms with Gasteiger partial charge in [-0.2, -0.15) is 18.2 Å².